The fourth-order valence-corrected chi connectivity index (χ4v) is 1.65. The molecule has 0 N–H and O–H groups in total. The Morgan fingerprint density at radius 3 is 3.00 bits per heavy atom. The summed E-state index contributed by atoms with van der Waals surface area (Å²) in [6.07, 6.45) is 7.58. The maximum Gasteiger partial charge on any atom is 0.182 e. The topological polar surface area (TPSA) is 17.1 Å². The molecule has 2 rings (SSSR count). The van der Waals surface area contributed by atoms with Crippen LogP contribution >= 0.6 is 0 Å². The second-order valence-electron chi connectivity index (χ2n) is 3.14. The molecule has 1 nitrogen and oxygen atoms in total. The average molecular weight is 146 g/mol. The second-order valence-corrected chi connectivity index (χ2v) is 3.14. The Bertz CT molecular complexity index is 303. The van der Waals surface area contributed by atoms with Crippen LogP contribution in [-0.4, -0.2) is 5.78 Å². The fourth-order valence-electron chi connectivity index (χ4n) is 1.65. The zero-order chi connectivity index (χ0) is 7.84. The Hall–Kier alpha value is -1.11. The van der Waals surface area contributed by atoms with E-state index in [1.54, 1.807) is 6.08 Å². The molecule has 0 saturated carbocycles. The van der Waals surface area contributed by atoms with Gasteiger partial charge < -0.3 is 0 Å². The van der Waals surface area contributed by atoms with Crippen LogP contribution in [0, 0.1) is 0 Å². The van der Waals surface area contributed by atoms with Crippen LogP contribution in [0.15, 0.2) is 34.9 Å². The quantitative estimate of drug-likeness (QED) is 0.511. The van der Waals surface area contributed by atoms with Gasteiger partial charge in [0.15, 0.2) is 5.78 Å². The molecule has 0 saturated heterocycles. The monoisotopic (exact) mass is 146 g/mol. The molecule has 0 fully saturated rings. The van der Waals surface area contributed by atoms with Gasteiger partial charge in [0.25, 0.3) is 0 Å². The standard InChI is InChI=1S/C10H10O/c1-7-5-8-3-2-4-10(11)9(8)6-7/h2,4-5H,3,6H2,1H3. The highest BCUT2D eigenvalue weighted by atomic mass is 16.1. The number of carbonyl (C=O) groups is 1. The molecule has 2 aliphatic carbocycles. The van der Waals surface area contributed by atoms with E-state index >= 15 is 0 Å². The van der Waals surface area contributed by atoms with Gasteiger partial charge in [-0.3, -0.25) is 4.79 Å². The molecule has 0 radical (unpaired) electrons. The smallest absolute Gasteiger partial charge is 0.182 e. The SMILES string of the molecule is CC1=CC2=C(C1)C(=O)C=CC2. The van der Waals surface area contributed by atoms with Crippen LogP contribution in [0.25, 0.3) is 0 Å². The lowest BCUT2D eigenvalue weighted by atomic mass is 9.98. The predicted molar refractivity (Wildman–Crippen MR) is 44.2 cm³/mol. The molecule has 0 aromatic carbocycles. The van der Waals surface area contributed by atoms with Crippen molar-refractivity contribution in [1.82, 2.24) is 0 Å². The number of ketones is 1. The lowest BCUT2D eigenvalue weighted by Crippen LogP contribution is -2.02. The van der Waals surface area contributed by atoms with Gasteiger partial charge in [-0.2, -0.15) is 0 Å². The molecule has 0 atom stereocenters. The Balaban J connectivity index is 2.36. The number of carbonyl (C=O) groups excluding carboxylic acids is 1. The summed E-state index contributed by atoms with van der Waals surface area (Å²) in [5.74, 6) is 0.208. The Kier molecular flexibility index (Phi) is 1.31. The van der Waals surface area contributed by atoms with Gasteiger partial charge in [-0.1, -0.05) is 17.7 Å². The summed E-state index contributed by atoms with van der Waals surface area (Å²) >= 11 is 0. The van der Waals surface area contributed by atoms with Gasteiger partial charge in [0.2, 0.25) is 0 Å². The first-order valence-corrected chi connectivity index (χ1v) is 3.87. The molecule has 0 spiro atoms. The van der Waals surface area contributed by atoms with Crippen LogP contribution in [0.2, 0.25) is 0 Å². The normalized spacial score (nSPS) is 22.3. The van der Waals surface area contributed by atoms with E-state index in [-0.39, 0.29) is 5.78 Å². The highest BCUT2D eigenvalue weighted by Crippen LogP contribution is 2.30. The first-order valence-electron chi connectivity index (χ1n) is 3.87. The minimum absolute atomic E-state index is 0.208. The van der Waals surface area contributed by atoms with E-state index in [0.717, 1.165) is 18.4 Å². The van der Waals surface area contributed by atoms with Gasteiger partial charge in [-0.15, -0.1) is 0 Å². The first-order chi connectivity index (χ1) is 5.27. The minimum atomic E-state index is 0.208. The molecule has 0 heterocycles. The van der Waals surface area contributed by atoms with E-state index in [9.17, 15) is 4.79 Å². The highest BCUT2D eigenvalue weighted by molar-refractivity contribution is 6.06. The molecule has 56 valence electrons. The highest BCUT2D eigenvalue weighted by Gasteiger charge is 2.19. The predicted octanol–water partition coefficient (Wildman–Crippen LogP) is 2.16. The van der Waals surface area contributed by atoms with Crippen molar-refractivity contribution < 1.29 is 4.79 Å². The van der Waals surface area contributed by atoms with Crippen molar-refractivity contribution in [2.24, 2.45) is 0 Å². The fraction of sp³-hybridized carbons (Fsp3) is 0.300. The first kappa shape index (κ1) is 6.59. The molecule has 0 unspecified atom stereocenters. The molecule has 2 aliphatic rings. The molecule has 0 amide bonds. The van der Waals surface area contributed by atoms with Crippen molar-refractivity contribution in [2.45, 2.75) is 19.8 Å². The molecular formula is C10H10O. The minimum Gasteiger partial charge on any atom is -0.290 e. The number of rotatable bonds is 0. The van der Waals surface area contributed by atoms with Crippen LogP contribution in [0.3, 0.4) is 0 Å². The zero-order valence-corrected chi connectivity index (χ0v) is 6.55. The number of allylic oxidation sites excluding steroid dienone is 6. The summed E-state index contributed by atoms with van der Waals surface area (Å²) in [5, 5.41) is 0. The summed E-state index contributed by atoms with van der Waals surface area (Å²) in [6.45, 7) is 2.08. The average Bonchev–Trinajstić information content (AvgIpc) is 2.31. The number of hydrogen-bond acceptors (Lipinski definition) is 1. The van der Waals surface area contributed by atoms with Gasteiger partial charge >= 0.3 is 0 Å². The molecule has 1 heteroatoms. The molecule has 11 heavy (non-hydrogen) atoms. The molecule has 0 aromatic rings. The third-order valence-corrected chi connectivity index (χ3v) is 2.17. The number of hydrogen-bond donors (Lipinski definition) is 0. The molecular weight excluding hydrogens is 136 g/mol. The largest absolute Gasteiger partial charge is 0.290 e. The Morgan fingerprint density at radius 2 is 2.27 bits per heavy atom. The van der Waals surface area contributed by atoms with E-state index in [1.165, 1.54) is 11.1 Å². The maximum absolute atomic E-state index is 11.2. The van der Waals surface area contributed by atoms with Crippen LogP contribution in [-0.2, 0) is 4.79 Å². The van der Waals surface area contributed by atoms with Gasteiger partial charge in [-0.05, 0) is 31.4 Å². The van der Waals surface area contributed by atoms with Crippen molar-refractivity contribution in [3.8, 4) is 0 Å². The second kappa shape index (κ2) is 2.19. The zero-order valence-electron chi connectivity index (χ0n) is 6.55. The molecule has 0 aromatic heterocycles. The van der Waals surface area contributed by atoms with Crippen LogP contribution in [0.1, 0.15) is 19.8 Å². The Labute approximate surface area is 66.1 Å². The molecule has 0 aliphatic heterocycles. The van der Waals surface area contributed by atoms with E-state index in [0.29, 0.717) is 0 Å². The van der Waals surface area contributed by atoms with Gasteiger partial charge in [0.05, 0.1) is 0 Å². The van der Waals surface area contributed by atoms with E-state index in [2.05, 4.69) is 13.0 Å². The maximum atomic E-state index is 11.2. The van der Waals surface area contributed by atoms with Gasteiger partial charge in [0, 0.05) is 5.57 Å². The van der Waals surface area contributed by atoms with Crippen LogP contribution < -0.4 is 0 Å². The van der Waals surface area contributed by atoms with Crippen molar-refractivity contribution >= 4 is 5.78 Å². The summed E-state index contributed by atoms with van der Waals surface area (Å²) in [7, 11) is 0. The Morgan fingerprint density at radius 1 is 1.45 bits per heavy atom. The van der Waals surface area contributed by atoms with Crippen LogP contribution in [0.4, 0.5) is 0 Å². The van der Waals surface area contributed by atoms with Gasteiger partial charge in [0.1, 0.15) is 0 Å². The van der Waals surface area contributed by atoms with Crippen molar-refractivity contribution in [1.29, 1.82) is 0 Å². The van der Waals surface area contributed by atoms with Crippen molar-refractivity contribution in [3.05, 3.63) is 34.9 Å². The third-order valence-electron chi connectivity index (χ3n) is 2.17. The third kappa shape index (κ3) is 0.967. The van der Waals surface area contributed by atoms with E-state index in [1.807, 2.05) is 6.08 Å². The summed E-state index contributed by atoms with van der Waals surface area (Å²) in [5.41, 5.74) is 3.56. The summed E-state index contributed by atoms with van der Waals surface area (Å²) in [6, 6.07) is 0. The lowest BCUT2D eigenvalue weighted by Gasteiger charge is -2.05. The summed E-state index contributed by atoms with van der Waals surface area (Å²) < 4.78 is 0. The van der Waals surface area contributed by atoms with E-state index in [4.69, 9.17) is 0 Å². The van der Waals surface area contributed by atoms with E-state index < -0.39 is 0 Å². The molecule has 0 bridgehead atoms. The summed E-state index contributed by atoms with van der Waals surface area (Å²) in [4.78, 5) is 11.2. The van der Waals surface area contributed by atoms with Gasteiger partial charge in [-0.25, -0.2) is 0 Å². The van der Waals surface area contributed by atoms with Crippen molar-refractivity contribution in [3.63, 3.8) is 0 Å². The van der Waals surface area contributed by atoms with Crippen molar-refractivity contribution in [2.75, 3.05) is 0 Å². The lowest BCUT2D eigenvalue weighted by molar-refractivity contribution is -0.111. The van der Waals surface area contributed by atoms with Crippen LogP contribution in [0.5, 0.6) is 0 Å².